The molecule has 1 aliphatic heterocycles. The number of carbonyl (C=O) groups is 1. The van der Waals surface area contributed by atoms with Gasteiger partial charge in [0.2, 0.25) is 15.8 Å². The van der Waals surface area contributed by atoms with Gasteiger partial charge in [-0.1, -0.05) is 19.0 Å². The second-order valence-corrected chi connectivity index (χ2v) is 8.73. The monoisotopic (exact) mass is 392 g/mol. The Morgan fingerprint density at radius 2 is 1.93 bits per heavy atom. The van der Waals surface area contributed by atoms with Gasteiger partial charge in [-0.15, -0.1) is 0 Å². The van der Waals surface area contributed by atoms with E-state index >= 15 is 0 Å². The third-order valence-electron chi connectivity index (χ3n) is 4.65. The molecule has 8 nitrogen and oxygen atoms in total. The van der Waals surface area contributed by atoms with Gasteiger partial charge >= 0.3 is 11.8 Å². The van der Waals surface area contributed by atoms with Gasteiger partial charge in [-0.25, -0.2) is 8.42 Å². The van der Waals surface area contributed by atoms with E-state index in [1.165, 1.54) is 16.4 Å². The van der Waals surface area contributed by atoms with E-state index in [0.29, 0.717) is 31.1 Å². The molecule has 27 heavy (non-hydrogen) atoms. The highest BCUT2D eigenvalue weighted by Gasteiger charge is 2.28. The summed E-state index contributed by atoms with van der Waals surface area (Å²) in [7, 11) is -3.50. The van der Waals surface area contributed by atoms with Crippen LogP contribution in [0, 0.1) is 5.92 Å². The van der Waals surface area contributed by atoms with Crippen LogP contribution in [0.4, 0.5) is 0 Å². The minimum Gasteiger partial charge on any atom is -0.348 e. The molecule has 1 N–H and O–H groups in total. The van der Waals surface area contributed by atoms with Crippen molar-refractivity contribution in [3.63, 3.8) is 0 Å². The Bertz CT molecular complexity index is 884. The van der Waals surface area contributed by atoms with Gasteiger partial charge in [0, 0.05) is 25.2 Å². The lowest BCUT2D eigenvalue weighted by molar-refractivity contribution is 0.0910. The predicted molar refractivity (Wildman–Crippen MR) is 99.5 cm³/mol. The highest BCUT2D eigenvalue weighted by Crippen LogP contribution is 2.25. The van der Waals surface area contributed by atoms with E-state index in [9.17, 15) is 13.2 Å². The van der Waals surface area contributed by atoms with E-state index in [4.69, 9.17) is 4.52 Å². The first-order valence-electron chi connectivity index (χ1n) is 9.14. The molecule has 146 valence electrons. The smallest absolute Gasteiger partial charge is 0.316 e. The van der Waals surface area contributed by atoms with Crippen LogP contribution in [0.15, 0.2) is 33.7 Å². The van der Waals surface area contributed by atoms with Crippen LogP contribution in [0.3, 0.4) is 0 Å². The summed E-state index contributed by atoms with van der Waals surface area (Å²) in [6.45, 7) is 5.71. The molecule has 0 spiro atoms. The summed E-state index contributed by atoms with van der Waals surface area (Å²) in [5, 5.41) is 6.46. The van der Waals surface area contributed by atoms with Crippen molar-refractivity contribution >= 4 is 15.9 Å². The molecule has 1 saturated heterocycles. The molecule has 1 amide bonds. The molecule has 0 bridgehead atoms. The van der Waals surface area contributed by atoms with Gasteiger partial charge in [-0.05, 0) is 49.4 Å². The fraction of sp³-hybridized carbons (Fsp3) is 0.500. The first kappa shape index (κ1) is 19.5. The van der Waals surface area contributed by atoms with Crippen LogP contribution in [0.5, 0.6) is 0 Å². The Morgan fingerprint density at radius 1 is 1.26 bits per heavy atom. The molecule has 0 atom stereocenters. The molecule has 0 aliphatic carbocycles. The van der Waals surface area contributed by atoms with E-state index in [1.54, 1.807) is 12.1 Å². The Balaban J connectivity index is 1.74. The summed E-state index contributed by atoms with van der Waals surface area (Å²) in [4.78, 5) is 16.2. The van der Waals surface area contributed by atoms with Crippen LogP contribution in [0.2, 0.25) is 0 Å². The molecule has 0 unspecified atom stereocenters. The predicted octanol–water partition coefficient (Wildman–Crippen LogP) is 2.30. The molecule has 1 aliphatic rings. The Morgan fingerprint density at radius 3 is 2.56 bits per heavy atom. The van der Waals surface area contributed by atoms with Crippen molar-refractivity contribution in [3.05, 3.63) is 30.2 Å². The average molecular weight is 392 g/mol. The zero-order valence-electron chi connectivity index (χ0n) is 15.5. The van der Waals surface area contributed by atoms with E-state index in [-0.39, 0.29) is 16.6 Å². The van der Waals surface area contributed by atoms with E-state index < -0.39 is 15.9 Å². The van der Waals surface area contributed by atoms with Crippen LogP contribution < -0.4 is 5.32 Å². The zero-order valence-corrected chi connectivity index (χ0v) is 16.3. The molecule has 3 rings (SSSR count). The van der Waals surface area contributed by atoms with Crippen LogP contribution in [0.25, 0.3) is 11.4 Å². The number of carbonyl (C=O) groups excluding carboxylic acids is 1. The van der Waals surface area contributed by atoms with Gasteiger partial charge in [0.25, 0.3) is 0 Å². The maximum atomic E-state index is 12.8. The average Bonchev–Trinajstić information content (AvgIpc) is 3.17. The minimum absolute atomic E-state index is 0.113. The fourth-order valence-corrected chi connectivity index (χ4v) is 4.37. The van der Waals surface area contributed by atoms with Gasteiger partial charge < -0.3 is 9.84 Å². The van der Waals surface area contributed by atoms with Crippen molar-refractivity contribution in [2.75, 3.05) is 19.6 Å². The van der Waals surface area contributed by atoms with Crippen molar-refractivity contribution in [3.8, 4) is 11.4 Å². The molecule has 0 saturated carbocycles. The summed E-state index contributed by atoms with van der Waals surface area (Å²) in [5.74, 6) is 0.264. The van der Waals surface area contributed by atoms with Gasteiger partial charge in [-0.2, -0.15) is 9.29 Å². The first-order valence-corrected chi connectivity index (χ1v) is 10.6. The topological polar surface area (TPSA) is 105 Å². The lowest BCUT2D eigenvalue weighted by Crippen LogP contribution is -2.37. The van der Waals surface area contributed by atoms with E-state index in [0.717, 1.165) is 19.3 Å². The molecular formula is C18H24N4O4S. The quantitative estimate of drug-likeness (QED) is 0.809. The largest absolute Gasteiger partial charge is 0.348 e. The SMILES string of the molecule is CCCNC(=O)c1nc(-c2ccc(S(=O)(=O)N3CCC(C)CC3)cc2)no1. The molecule has 9 heteroatoms. The lowest BCUT2D eigenvalue weighted by atomic mass is 10.0. The number of hydrogen-bond donors (Lipinski definition) is 1. The Kier molecular flexibility index (Phi) is 5.91. The second-order valence-electron chi connectivity index (χ2n) is 6.79. The minimum atomic E-state index is -3.50. The maximum Gasteiger partial charge on any atom is 0.316 e. The summed E-state index contributed by atoms with van der Waals surface area (Å²) >= 11 is 0. The summed E-state index contributed by atoms with van der Waals surface area (Å²) in [6.07, 6.45) is 2.56. The number of rotatable bonds is 6. The molecule has 2 heterocycles. The van der Waals surface area contributed by atoms with Crippen LogP contribution >= 0.6 is 0 Å². The second kappa shape index (κ2) is 8.18. The van der Waals surface area contributed by atoms with Crippen LogP contribution in [0.1, 0.15) is 43.8 Å². The molecule has 1 aromatic heterocycles. The lowest BCUT2D eigenvalue weighted by Gasteiger charge is -2.29. The van der Waals surface area contributed by atoms with Gasteiger partial charge in [-0.3, -0.25) is 4.79 Å². The van der Waals surface area contributed by atoms with Crippen molar-refractivity contribution in [2.45, 2.75) is 38.0 Å². The molecular weight excluding hydrogens is 368 g/mol. The summed E-state index contributed by atoms with van der Waals surface area (Å²) < 4.78 is 32.0. The highest BCUT2D eigenvalue weighted by molar-refractivity contribution is 7.89. The van der Waals surface area contributed by atoms with Crippen LogP contribution in [-0.4, -0.2) is 48.4 Å². The molecule has 0 radical (unpaired) electrons. The van der Waals surface area contributed by atoms with Crippen molar-refractivity contribution in [1.82, 2.24) is 19.8 Å². The van der Waals surface area contributed by atoms with Gasteiger partial charge in [0.15, 0.2) is 0 Å². The Hall–Kier alpha value is -2.26. The van der Waals surface area contributed by atoms with Crippen LogP contribution in [-0.2, 0) is 10.0 Å². The molecule has 2 aromatic rings. The summed E-state index contributed by atoms with van der Waals surface area (Å²) in [6, 6.07) is 6.32. The third-order valence-corrected chi connectivity index (χ3v) is 6.56. The van der Waals surface area contributed by atoms with Crippen molar-refractivity contribution < 1.29 is 17.7 Å². The van der Waals surface area contributed by atoms with Crippen molar-refractivity contribution in [2.24, 2.45) is 5.92 Å². The maximum absolute atomic E-state index is 12.8. The molecule has 1 fully saturated rings. The number of amides is 1. The zero-order chi connectivity index (χ0) is 19.4. The summed E-state index contributed by atoms with van der Waals surface area (Å²) in [5.41, 5.74) is 0.583. The van der Waals surface area contributed by atoms with E-state index in [1.807, 2.05) is 6.92 Å². The number of piperidine rings is 1. The number of sulfonamides is 1. The van der Waals surface area contributed by atoms with Crippen molar-refractivity contribution in [1.29, 1.82) is 0 Å². The standard InChI is InChI=1S/C18H24N4O4S/c1-3-10-19-17(23)18-20-16(21-26-18)14-4-6-15(7-5-14)27(24,25)22-11-8-13(2)9-12-22/h4-7,13H,3,8-12H2,1-2H3,(H,19,23). The molecule has 1 aromatic carbocycles. The van der Waals surface area contributed by atoms with Gasteiger partial charge in [0.1, 0.15) is 0 Å². The Labute approximate surface area is 159 Å². The number of aromatic nitrogens is 2. The first-order chi connectivity index (χ1) is 12.9. The number of hydrogen-bond acceptors (Lipinski definition) is 6. The third kappa shape index (κ3) is 4.36. The van der Waals surface area contributed by atoms with Gasteiger partial charge in [0.05, 0.1) is 4.90 Å². The van der Waals surface area contributed by atoms with E-state index in [2.05, 4.69) is 22.4 Å². The number of benzene rings is 1. The normalized spacial score (nSPS) is 16.4. The highest BCUT2D eigenvalue weighted by atomic mass is 32.2. The fourth-order valence-electron chi connectivity index (χ4n) is 2.90. The number of nitrogens with zero attached hydrogens (tertiary/aromatic N) is 3. The number of nitrogens with one attached hydrogen (secondary N) is 1.